The first kappa shape index (κ1) is 20.6. The SMILES string of the molecule is COc1cc(/C(O)=C2/C(=O)C(=O)N(c3ccccc3O)C2c2ccc(C)o2)ccc1Cl. The van der Waals surface area contributed by atoms with Crippen LogP contribution in [0.5, 0.6) is 11.5 Å². The van der Waals surface area contributed by atoms with Crippen molar-refractivity contribution in [2.75, 3.05) is 12.0 Å². The number of nitrogens with zero attached hydrogens (tertiary/aromatic N) is 1. The van der Waals surface area contributed by atoms with E-state index in [1.165, 1.54) is 37.4 Å². The first-order valence-corrected chi connectivity index (χ1v) is 9.70. The highest BCUT2D eigenvalue weighted by molar-refractivity contribution is 6.51. The first-order chi connectivity index (χ1) is 14.8. The summed E-state index contributed by atoms with van der Waals surface area (Å²) in [6, 6.07) is 12.9. The maximum absolute atomic E-state index is 13.0. The van der Waals surface area contributed by atoms with Crippen LogP contribution in [0.2, 0.25) is 5.02 Å². The molecule has 1 saturated heterocycles. The van der Waals surface area contributed by atoms with Gasteiger partial charge in [-0.3, -0.25) is 14.5 Å². The van der Waals surface area contributed by atoms with E-state index < -0.39 is 23.5 Å². The number of hydrogen-bond acceptors (Lipinski definition) is 6. The molecule has 1 aliphatic heterocycles. The van der Waals surface area contributed by atoms with Crippen molar-refractivity contribution in [3.63, 3.8) is 0 Å². The van der Waals surface area contributed by atoms with Crippen molar-refractivity contribution in [2.45, 2.75) is 13.0 Å². The third-order valence-corrected chi connectivity index (χ3v) is 5.35. The largest absolute Gasteiger partial charge is 0.507 e. The maximum Gasteiger partial charge on any atom is 0.300 e. The molecule has 31 heavy (non-hydrogen) atoms. The minimum absolute atomic E-state index is 0.122. The molecule has 3 aromatic rings. The number of phenols is 1. The molecule has 0 spiro atoms. The number of anilines is 1. The van der Waals surface area contributed by atoms with Gasteiger partial charge in [-0.15, -0.1) is 0 Å². The summed E-state index contributed by atoms with van der Waals surface area (Å²) >= 11 is 6.07. The molecule has 8 heteroatoms. The lowest BCUT2D eigenvalue weighted by atomic mass is 9.99. The first-order valence-electron chi connectivity index (χ1n) is 9.32. The van der Waals surface area contributed by atoms with Crippen LogP contribution in [0.25, 0.3) is 5.76 Å². The number of aliphatic hydroxyl groups is 1. The van der Waals surface area contributed by atoms with Gasteiger partial charge in [-0.05, 0) is 49.4 Å². The summed E-state index contributed by atoms with van der Waals surface area (Å²) in [5.74, 6) is -1.28. The van der Waals surface area contributed by atoms with Gasteiger partial charge >= 0.3 is 0 Å². The van der Waals surface area contributed by atoms with Crippen LogP contribution in [0, 0.1) is 6.92 Å². The standard InChI is InChI=1S/C23H18ClNO6/c1-12-7-10-17(31-12)20-19(21(27)13-8-9-14(24)18(11-13)30-2)22(28)23(29)25(20)15-5-3-4-6-16(15)26/h3-11,20,26-27H,1-2H3/b21-19-. The normalized spacial score (nSPS) is 17.9. The fraction of sp³-hybridized carbons (Fsp3) is 0.130. The average molecular weight is 440 g/mol. The molecule has 2 N–H and O–H groups in total. The predicted octanol–water partition coefficient (Wildman–Crippen LogP) is 4.58. The van der Waals surface area contributed by atoms with Crippen LogP contribution in [-0.4, -0.2) is 29.0 Å². The molecule has 1 aliphatic rings. The van der Waals surface area contributed by atoms with E-state index in [2.05, 4.69) is 0 Å². The van der Waals surface area contributed by atoms with Crippen LogP contribution in [0.1, 0.15) is 23.1 Å². The van der Waals surface area contributed by atoms with Crippen molar-refractivity contribution in [1.29, 1.82) is 0 Å². The molecule has 0 aliphatic carbocycles. The van der Waals surface area contributed by atoms with Crippen LogP contribution in [0.4, 0.5) is 5.69 Å². The zero-order valence-corrected chi connectivity index (χ0v) is 17.4. The van der Waals surface area contributed by atoms with Crippen LogP contribution in [-0.2, 0) is 9.59 Å². The molecule has 7 nitrogen and oxygen atoms in total. The van der Waals surface area contributed by atoms with Gasteiger partial charge in [-0.2, -0.15) is 0 Å². The number of halogens is 1. The highest BCUT2D eigenvalue weighted by Gasteiger charge is 2.49. The Morgan fingerprint density at radius 2 is 1.87 bits per heavy atom. The Kier molecular flexibility index (Phi) is 5.20. The second kappa shape index (κ2) is 7.85. The Bertz CT molecular complexity index is 1230. The Hall–Kier alpha value is -3.71. The van der Waals surface area contributed by atoms with Crippen LogP contribution < -0.4 is 9.64 Å². The average Bonchev–Trinajstić information content (AvgIpc) is 3.29. The molecule has 1 unspecified atom stereocenters. The lowest BCUT2D eigenvalue weighted by Gasteiger charge is -2.24. The molecular formula is C23H18ClNO6. The van der Waals surface area contributed by atoms with Crippen LogP contribution in [0.3, 0.4) is 0 Å². The minimum atomic E-state index is -1.08. The summed E-state index contributed by atoms with van der Waals surface area (Å²) in [5, 5.41) is 21.7. The molecule has 1 amide bonds. The molecule has 2 aromatic carbocycles. The van der Waals surface area contributed by atoms with E-state index in [1.54, 1.807) is 31.2 Å². The van der Waals surface area contributed by atoms with Crippen molar-refractivity contribution in [3.05, 3.63) is 82.3 Å². The number of para-hydroxylation sites is 2. The number of carbonyl (C=O) groups excluding carboxylic acids is 2. The maximum atomic E-state index is 13.0. The van der Waals surface area contributed by atoms with Crippen molar-refractivity contribution >= 4 is 34.7 Å². The quantitative estimate of drug-likeness (QED) is 0.350. The van der Waals surface area contributed by atoms with Crippen molar-refractivity contribution in [2.24, 2.45) is 0 Å². The number of ether oxygens (including phenoxy) is 1. The van der Waals surface area contributed by atoms with Gasteiger partial charge in [0.25, 0.3) is 11.7 Å². The van der Waals surface area contributed by atoms with Crippen molar-refractivity contribution < 1.29 is 29.0 Å². The van der Waals surface area contributed by atoms with E-state index in [4.69, 9.17) is 20.8 Å². The summed E-state index contributed by atoms with van der Waals surface area (Å²) in [6.45, 7) is 1.72. The number of aromatic hydroxyl groups is 1. The zero-order chi connectivity index (χ0) is 22.3. The lowest BCUT2D eigenvalue weighted by molar-refractivity contribution is -0.132. The van der Waals surface area contributed by atoms with Gasteiger partial charge in [0.15, 0.2) is 0 Å². The van der Waals surface area contributed by atoms with Gasteiger partial charge in [0.1, 0.15) is 34.8 Å². The molecule has 2 heterocycles. The van der Waals surface area contributed by atoms with E-state index in [0.717, 1.165) is 4.90 Å². The third-order valence-electron chi connectivity index (χ3n) is 5.04. The van der Waals surface area contributed by atoms with Crippen molar-refractivity contribution in [1.82, 2.24) is 0 Å². The number of Topliss-reactive ketones (excluding diaryl/α,β-unsaturated/α-hetero) is 1. The molecule has 0 bridgehead atoms. The van der Waals surface area contributed by atoms with Gasteiger partial charge in [0.05, 0.1) is 23.4 Å². The van der Waals surface area contributed by atoms with E-state index in [1.807, 2.05) is 0 Å². The summed E-state index contributed by atoms with van der Waals surface area (Å²) in [6.07, 6.45) is 0. The predicted molar refractivity (Wildman–Crippen MR) is 114 cm³/mol. The highest BCUT2D eigenvalue weighted by Crippen LogP contribution is 2.45. The molecule has 0 radical (unpaired) electrons. The van der Waals surface area contributed by atoms with E-state index in [0.29, 0.717) is 16.5 Å². The number of ketones is 1. The molecule has 4 rings (SSSR count). The van der Waals surface area contributed by atoms with Gasteiger partial charge in [-0.1, -0.05) is 23.7 Å². The molecule has 1 atom stereocenters. The minimum Gasteiger partial charge on any atom is -0.507 e. The molecular weight excluding hydrogens is 422 g/mol. The lowest BCUT2D eigenvalue weighted by Crippen LogP contribution is -2.29. The smallest absolute Gasteiger partial charge is 0.300 e. The number of rotatable bonds is 4. The van der Waals surface area contributed by atoms with Gasteiger partial charge in [0.2, 0.25) is 0 Å². The van der Waals surface area contributed by atoms with Gasteiger partial charge < -0.3 is 19.4 Å². The third kappa shape index (κ3) is 3.43. The van der Waals surface area contributed by atoms with Crippen LogP contribution >= 0.6 is 11.6 Å². The second-order valence-electron chi connectivity index (χ2n) is 6.96. The summed E-state index contributed by atoms with van der Waals surface area (Å²) < 4.78 is 10.9. The Balaban J connectivity index is 1.96. The summed E-state index contributed by atoms with van der Waals surface area (Å²) in [5.41, 5.74) is 0.188. The number of furan rings is 1. The summed E-state index contributed by atoms with van der Waals surface area (Å²) in [4.78, 5) is 27.2. The number of carbonyl (C=O) groups is 2. The molecule has 1 fully saturated rings. The van der Waals surface area contributed by atoms with E-state index in [9.17, 15) is 19.8 Å². The molecule has 1 aromatic heterocycles. The zero-order valence-electron chi connectivity index (χ0n) is 16.6. The molecule has 158 valence electrons. The fourth-order valence-corrected chi connectivity index (χ4v) is 3.78. The number of amides is 1. The number of methoxy groups -OCH3 is 1. The van der Waals surface area contributed by atoms with Crippen LogP contribution in [0.15, 0.2) is 64.6 Å². The topological polar surface area (TPSA) is 100 Å². The van der Waals surface area contributed by atoms with Crippen molar-refractivity contribution in [3.8, 4) is 11.5 Å². The van der Waals surface area contributed by atoms with Gasteiger partial charge in [0, 0.05) is 5.56 Å². The Morgan fingerprint density at radius 3 is 2.52 bits per heavy atom. The number of hydrogen-bond donors (Lipinski definition) is 2. The second-order valence-corrected chi connectivity index (χ2v) is 7.36. The van der Waals surface area contributed by atoms with Gasteiger partial charge in [-0.25, -0.2) is 0 Å². The Labute approximate surface area is 182 Å². The molecule has 0 saturated carbocycles. The number of aryl methyl sites for hydroxylation is 1. The number of aliphatic hydroxyl groups excluding tert-OH is 1. The monoisotopic (exact) mass is 439 g/mol. The summed E-state index contributed by atoms with van der Waals surface area (Å²) in [7, 11) is 1.42. The van der Waals surface area contributed by atoms with E-state index >= 15 is 0 Å². The number of benzene rings is 2. The number of phenolic OH excluding ortho intramolecular Hbond substituents is 1. The fourth-order valence-electron chi connectivity index (χ4n) is 3.58. The Morgan fingerprint density at radius 1 is 1.13 bits per heavy atom. The van der Waals surface area contributed by atoms with E-state index in [-0.39, 0.29) is 28.3 Å². The highest BCUT2D eigenvalue weighted by atomic mass is 35.5.